The molecule has 0 aliphatic carbocycles. The highest BCUT2D eigenvalue weighted by Gasteiger charge is 2.11. The molecule has 3 aromatic rings. The number of aromatic nitrogens is 1. The van der Waals surface area contributed by atoms with E-state index in [4.69, 9.17) is 15.2 Å². The molecule has 23 heavy (non-hydrogen) atoms. The van der Waals surface area contributed by atoms with E-state index in [9.17, 15) is 4.39 Å². The molecule has 118 valence electrons. The maximum absolute atomic E-state index is 13.6. The van der Waals surface area contributed by atoms with Crippen molar-refractivity contribution in [1.29, 1.82) is 0 Å². The number of nitrogens with two attached hydrogens (primary N) is 1. The highest BCUT2D eigenvalue weighted by Crippen LogP contribution is 2.33. The lowest BCUT2D eigenvalue weighted by Crippen LogP contribution is -1.97. The summed E-state index contributed by atoms with van der Waals surface area (Å²) in [5.41, 5.74) is 8.36. The standard InChI is InChI=1S/C18H17FN2O2/c1-22-17-9-13-12(5-6-21-16(13)10-18(17)23-2)7-11-3-4-15(20)14(19)8-11/h3-6,8-10H,7,20H2,1-2H3. The maximum atomic E-state index is 13.6. The van der Waals surface area contributed by atoms with Gasteiger partial charge in [-0.1, -0.05) is 6.07 Å². The minimum atomic E-state index is -0.403. The van der Waals surface area contributed by atoms with Crippen molar-refractivity contribution in [3.8, 4) is 11.5 Å². The number of anilines is 1. The summed E-state index contributed by atoms with van der Waals surface area (Å²) in [6.45, 7) is 0. The Morgan fingerprint density at radius 3 is 2.48 bits per heavy atom. The van der Waals surface area contributed by atoms with Crippen molar-refractivity contribution in [2.75, 3.05) is 20.0 Å². The third-order valence-electron chi connectivity index (χ3n) is 3.80. The number of nitrogens with zero attached hydrogens (tertiary/aromatic N) is 1. The van der Waals surface area contributed by atoms with Crippen molar-refractivity contribution in [1.82, 2.24) is 4.98 Å². The smallest absolute Gasteiger partial charge is 0.162 e. The van der Waals surface area contributed by atoms with Gasteiger partial charge in [0.2, 0.25) is 0 Å². The van der Waals surface area contributed by atoms with Crippen LogP contribution in [0.1, 0.15) is 11.1 Å². The fourth-order valence-electron chi connectivity index (χ4n) is 2.58. The van der Waals surface area contributed by atoms with Crippen LogP contribution in [0.4, 0.5) is 10.1 Å². The van der Waals surface area contributed by atoms with E-state index in [1.54, 1.807) is 26.5 Å². The predicted molar refractivity (Wildman–Crippen MR) is 88.5 cm³/mol. The Morgan fingerprint density at radius 2 is 1.78 bits per heavy atom. The lowest BCUT2D eigenvalue weighted by molar-refractivity contribution is 0.356. The molecule has 5 heteroatoms. The lowest BCUT2D eigenvalue weighted by Gasteiger charge is -2.12. The van der Waals surface area contributed by atoms with E-state index >= 15 is 0 Å². The van der Waals surface area contributed by atoms with E-state index in [1.165, 1.54) is 6.07 Å². The number of hydrogen-bond acceptors (Lipinski definition) is 4. The molecule has 1 heterocycles. The number of rotatable bonds is 4. The van der Waals surface area contributed by atoms with E-state index < -0.39 is 5.82 Å². The first-order chi connectivity index (χ1) is 11.1. The van der Waals surface area contributed by atoms with Crippen molar-refractivity contribution in [3.05, 3.63) is 59.5 Å². The van der Waals surface area contributed by atoms with E-state index in [0.29, 0.717) is 17.9 Å². The number of pyridine rings is 1. The molecule has 0 saturated heterocycles. The Bertz CT molecular complexity index is 865. The average molecular weight is 312 g/mol. The molecular weight excluding hydrogens is 295 g/mol. The number of halogens is 1. The Morgan fingerprint density at radius 1 is 1.04 bits per heavy atom. The number of fused-ring (bicyclic) bond motifs is 1. The highest BCUT2D eigenvalue weighted by molar-refractivity contribution is 5.86. The second kappa shape index (κ2) is 6.12. The normalized spacial score (nSPS) is 10.7. The minimum Gasteiger partial charge on any atom is -0.493 e. The number of hydrogen-bond donors (Lipinski definition) is 1. The van der Waals surface area contributed by atoms with E-state index in [-0.39, 0.29) is 5.69 Å². The average Bonchev–Trinajstić information content (AvgIpc) is 2.57. The largest absolute Gasteiger partial charge is 0.493 e. The lowest BCUT2D eigenvalue weighted by atomic mass is 10.0. The zero-order valence-electron chi connectivity index (χ0n) is 13.0. The summed E-state index contributed by atoms with van der Waals surface area (Å²) in [4.78, 5) is 4.37. The zero-order chi connectivity index (χ0) is 16.4. The Kier molecular flexibility index (Phi) is 4.02. The molecule has 0 amide bonds. The van der Waals surface area contributed by atoms with Gasteiger partial charge in [-0.05, 0) is 41.8 Å². The molecule has 2 N–H and O–H groups in total. The summed E-state index contributed by atoms with van der Waals surface area (Å²) < 4.78 is 24.3. The van der Waals surface area contributed by atoms with Crippen LogP contribution < -0.4 is 15.2 Å². The molecule has 0 atom stereocenters. The van der Waals surface area contributed by atoms with Crippen LogP contribution in [0.3, 0.4) is 0 Å². The van der Waals surface area contributed by atoms with Gasteiger partial charge in [-0.2, -0.15) is 0 Å². The van der Waals surface area contributed by atoms with Gasteiger partial charge in [-0.15, -0.1) is 0 Å². The van der Waals surface area contributed by atoms with Crippen LogP contribution in [0.2, 0.25) is 0 Å². The fourth-order valence-corrected chi connectivity index (χ4v) is 2.58. The summed E-state index contributed by atoms with van der Waals surface area (Å²) >= 11 is 0. The molecule has 0 unspecified atom stereocenters. The SMILES string of the molecule is COc1cc2nccc(Cc3ccc(N)c(F)c3)c2cc1OC. The van der Waals surface area contributed by atoms with Crippen LogP contribution in [0.15, 0.2) is 42.6 Å². The molecule has 0 radical (unpaired) electrons. The van der Waals surface area contributed by atoms with E-state index in [1.807, 2.05) is 24.3 Å². The summed E-state index contributed by atoms with van der Waals surface area (Å²) in [5, 5.41) is 0.947. The molecule has 0 aliphatic heterocycles. The molecule has 1 aromatic heterocycles. The summed E-state index contributed by atoms with van der Waals surface area (Å²) in [5.74, 6) is 0.862. The Balaban J connectivity index is 2.08. The van der Waals surface area contributed by atoms with Gasteiger partial charge in [-0.25, -0.2) is 4.39 Å². The molecule has 0 bridgehead atoms. The monoisotopic (exact) mass is 312 g/mol. The molecule has 2 aromatic carbocycles. The van der Waals surface area contributed by atoms with Crippen LogP contribution in [-0.4, -0.2) is 19.2 Å². The number of methoxy groups -OCH3 is 2. The first-order valence-electron chi connectivity index (χ1n) is 7.16. The summed E-state index contributed by atoms with van der Waals surface area (Å²) in [6, 6.07) is 10.5. The van der Waals surface area contributed by atoms with Crippen LogP contribution in [0.25, 0.3) is 10.9 Å². The van der Waals surface area contributed by atoms with Crippen molar-refractivity contribution < 1.29 is 13.9 Å². The van der Waals surface area contributed by atoms with Gasteiger partial charge in [0.25, 0.3) is 0 Å². The van der Waals surface area contributed by atoms with Crippen molar-refractivity contribution in [2.45, 2.75) is 6.42 Å². The molecule has 0 fully saturated rings. The van der Waals surface area contributed by atoms with Gasteiger partial charge < -0.3 is 15.2 Å². The molecule has 4 nitrogen and oxygen atoms in total. The second-order valence-corrected chi connectivity index (χ2v) is 5.23. The van der Waals surface area contributed by atoms with Crippen molar-refractivity contribution >= 4 is 16.6 Å². The van der Waals surface area contributed by atoms with E-state index in [0.717, 1.165) is 22.0 Å². The van der Waals surface area contributed by atoms with E-state index in [2.05, 4.69) is 4.98 Å². The topological polar surface area (TPSA) is 57.4 Å². The zero-order valence-corrected chi connectivity index (χ0v) is 13.0. The third-order valence-corrected chi connectivity index (χ3v) is 3.80. The molecule has 3 rings (SSSR count). The van der Waals surface area contributed by atoms with Gasteiger partial charge >= 0.3 is 0 Å². The van der Waals surface area contributed by atoms with Crippen LogP contribution in [0, 0.1) is 5.82 Å². The van der Waals surface area contributed by atoms with Crippen molar-refractivity contribution in [2.24, 2.45) is 0 Å². The number of nitrogen functional groups attached to an aromatic ring is 1. The molecule has 0 spiro atoms. The van der Waals surface area contributed by atoms with Crippen LogP contribution in [0.5, 0.6) is 11.5 Å². The van der Waals surface area contributed by atoms with Crippen LogP contribution >= 0.6 is 0 Å². The van der Waals surface area contributed by atoms with Gasteiger partial charge in [0.1, 0.15) is 5.82 Å². The maximum Gasteiger partial charge on any atom is 0.162 e. The first kappa shape index (κ1) is 15.1. The van der Waals surface area contributed by atoms with Gasteiger partial charge in [0.05, 0.1) is 25.4 Å². The van der Waals surface area contributed by atoms with Gasteiger partial charge in [0, 0.05) is 17.6 Å². The first-order valence-corrected chi connectivity index (χ1v) is 7.16. The number of ether oxygens (including phenoxy) is 2. The number of benzene rings is 2. The second-order valence-electron chi connectivity index (χ2n) is 5.23. The highest BCUT2D eigenvalue weighted by atomic mass is 19.1. The van der Waals surface area contributed by atoms with Crippen LogP contribution in [-0.2, 0) is 6.42 Å². The molecular formula is C18H17FN2O2. The predicted octanol–water partition coefficient (Wildman–Crippen LogP) is 3.56. The molecule has 0 aliphatic rings. The molecule has 0 saturated carbocycles. The fraction of sp³-hybridized carbons (Fsp3) is 0.167. The summed E-state index contributed by atoms with van der Waals surface area (Å²) in [6.07, 6.45) is 2.31. The van der Waals surface area contributed by atoms with Gasteiger partial charge in [-0.3, -0.25) is 4.98 Å². The van der Waals surface area contributed by atoms with Crippen molar-refractivity contribution in [3.63, 3.8) is 0 Å². The minimum absolute atomic E-state index is 0.153. The quantitative estimate of drug-likeness (QED) is 0.748. The summed E-state index contributed by atoms with van der Waals surface area (Å²) in [7, 11) is 3.18. The van der Waals surface area contributed by atoms with Gasteiger partial charge in [0.15, 0.2) is 11.5 Å². The Hall–Kier alpha value is -2.82. The third kappa shape index (κ3) is 2.90. The Labute approximate surface area is 133 Å².